The first-order chi connectivity index (χ1) is 21.0. The van der Waals surface area contributed by atoms with E-state index in [1.165, 1.54) is 56.3 Å². The summed E-state index contributed by atoms with van der Waals surface area (Å²) in [6.07, 6.45) is 15.6. The number of carbonyl (C=O) groups is 2. The van der Waals surface area contributed by atoms with E-state index in [0.29, 0.717) is 37.5 Å². The molecule has 0 spiro atoms. The summed E-state index contributed by atoms with van der Waals surface area (Å²) in [6, 6.07) is 7.11. The fraction of sp³-hybridized carbons (Fsp3) is 0.714. The number of hydrogen-bond donors (Lipinski definition) is 3. The van der Waals surface area contributed by atoms with Gasteiger partial charge in [-0.15, -0.1) is 0 Å². The van der Waals surface area contributed by atoms with Gasteiger partial charge < -0.3 is 11.1 Å². The van der Waals surface area contributed by atoms with E-state index >= 15 is 0 Å². The predicted octanol–water partition coefficient (Wildman–Crippen LogP) is 6.43. The molecule has 44 heavy (non-hydrogen) atoms. The van der Waals surface area contributed by atoms with Gasteiger partial charge in [0.25, 0.3) is 5.91 Å². The van der Waals surface area contributed by atoms with Crippen LogP contribution in [0.1, 0.15) is 117 Å². The van der Waals surface area contributed by atoms with E-state index in [2.05, 4.69) is 5.32 Å². The zero-order chi connectivity index (χ0) is 32.1. The van der Waals surface area contributed by atoms with E-state index in [1.807, 2.05) is 58.0 Å². The van der Waals surface area contributed by atoms with E-state index in [-0.39, 0.29) is 5.11 Å². The third kappa shape index (κ3) is 11.5. The van der Waals surface area contributed by atoms with Crippen molar-refractivity contribution >= 4 is 35.4 Å². The van der Waals surface area contributed by atoms with Crippen LogP contribution in [0, 0.1) is 11.8 Å². The Hall–Kier alpha value is -2.36. The van der Waals surface area contributed by atoms with Gasteiger partial charge in [-0.1, -0.05) is 95.0 Å². The van der Waals surface area contributed by atoms with Gasteiger partial charge in [0, 0.05) is 18.3 Å². The lowest BCUT2D eigenvalue weighted by atomic mass is 9.84. The monoisotopic (exact) mass is 627 g/mol. The fourth-order valence-electron chi connectivity index (χ4n) is 6.55. The molecular weight excluding hydrogens is 570 g/mol. The number of nitrogens with two attached hydrogens (primary N) is 1. The van der Waals surface area contributed by atoms with Gasteiger partial charge >= 0.3 is 0 Å². The van der Waals surface area contributed by atoms with Gasteiger partial charge in [0.1, 0.15) is 6.04 Å². The molecule has 0 aromatic heterocycles. The number of carbonyl (C=O) groups excluding carboxylic acids is 2. The van der Waals surface area contributed by atoms with Crippen molar-refractivity contribution < 1.29 is 14.8 Å². The molecule has 0 radical (unpaired) electrons. The highest BCUT2D eigenvalue weighted by atomic mass is 32.1. The Bertz CT molecular complexity index is 1060. The Balaban J connectivity index is 1.88. The highest BCUT2D eigenvalue weighted by Gasteiger charge is 2.39. The highest BCUT2D eigenvalue weighted by molar-refractivity contribution is 7.80. The molecule has 3 atom stereocenters. The number of aliphatic imine (C=N–C) groups is 1. The van der Waals surface area contributed by atoms with E-state index in [4.69, 9.17) is 22.9 Å². The van der Waals surface area contributed by atoms with Crippen molar-refractivity contribution in [3.63, 3.8) is 0 Å². The second-order valence-electron chi connectivity index (χ2n) is 14.0. The van der Waals surface area contributed by atoms with Crippen molar-refractivity contribution in [2.45, 2.75) is 141 Å². The molecule has 1 aromatic rings. The van der Waals surface area contributed by atoms with Gasteiger partial charge in [0.2, 0.25) is 5.91 Å². The smallest absolute Gasteiger partial charge is 0.269 e. The van der Waals surface area contributed by atoms with E-state index in [0.717, 1.165) is 30.0 Å². The third-order valence-electron chi connectivity index (χ3n) is 8.92. The largest absolute Gasteiger partial charge is 0.358 e. The second kappa shape index (κ2) is 18.0. The summed E-state index contributed by atoms with van der Waals surface area (Å²) >= 11 is 5.78. The molecule has 8 nitrogen and oxygen atoms in total. The molecule has 2 aliphatic carbocycles. The second-order valence-corrected chi connectivity index (χ2v) is 14.4. The summed E-state index contributed by atoms with van der Waals surface area (Å²) in [4.78, 5) is 34.4. The molecule has 4 N–H and O–H groups in total. The Kier molecular flexibility index (Phi) is 14.7. The van der Waals surface area contributed by atoms with Crippen LogP contribution in [0.25, 0.3) is 0 Å². The van der Waals surface area contributed by atoms with Crippen LogP contribution in [0.5, 0.6) is 0 Å². The third-order valence-corrected chi connectivity index (χ3v) is 9.22. The number of nitrogens with zero attached hydrogens (tertiary/aromatic N) is 3. The molecule has 0 aliphatic heterocycles. The van der Waals surface area contributed by atoms with Crippen LogP contribution in [0.3, 0.4) is 0 Å². The van der Waals surface area contributed by atoms with Crippen molar-refractivity contribution in [3.8, 4) is 0 Å². The van der Waals surface area contributed by atoms with Gasteiger partial charge in [-0.2, -0.15) is 0 Å². The van der Waals surface area contributed by atoms with Crippen LogP contribution < -0.4 is 11.1 Å². The van der Waals surface area contributed by atoms with Gasteiger partial charge in [-0.3, -0.25) is 24.7 Å². The normalized spacial score (nSPS) is 18.9. The first-order valence-electron chi connectivity index (χ1n) is 17.0. The molecule has 2 fully saturated rings. The fourth-order valence-corrected chi connectivity index (χ4v) is 7.08. The molecule has 2 saturated carbocycles. The molecule has 2 amide bonds. The van der Waals surface area contributed by atoms with Crippen LogP contribution in [-0.2, 0) is 16.0 Å². The van der Waals surface area contributed by atoms with Crippen molar-refractivity contribution in [1.29, 1.82) is 0 Å². The molecule has 0 heterocycles. The Morgan fingerprint density at radius 2 is 1.61 bits per heavy atom. The molecule has 246 valence electrons. The molecule has 0 bridgehead atoms. The van der Waals surface area contributed by atoms with Crippen LogP contribution >= 0.6 is 12.2 Å². The lowest BCUT2D eigenvalue weighted by Crippen LogP contribution is -2.62. The maximum Gasteiger partial charge on any atom is 0.269 e. The zero-order valence-corrected chi connectivity index (χ0v) is 28.4. The lowest BCUT2D eigenvalue weighted by molar-refractivity contribution is -0.177. The predicted molar refractivity (Wildman–Crippen MR) is 183 cm³/mol. The molecule has 9 heteroatoms. The van der Waals surface area contributed by atoms with Crippen LogP contribution in [0.15, 0.2) is 35.3 Å². The highest BCUT2D eigenvalue weighted by Crippen LogP contribution is 2.29. The first-order valence-corrected chi connectivity index (χ1v) is 17.4. The van der Waals surface area contributed by atoms with Gasteiger partial charge in [-0.25, -0.2) is 5.06 Å². The SMILES string of the molecule is CCC[C@@H](C(=O)N(O)[C@H](C=NCC1CCCCC1)CC1CCCCC1)N(C(=O)[C@@H](N)Cc1ccccc1)C(=S)NC(C)(C)C. The topological polar surface area (TPSA) is 111 Å². The summed E-state index contributed by atoms with van der Waals surface area (Å²) in [5.74, 6) is -0.00519. The zero-order valence-electron chi connectivity index (χ0n) is 27.5. The summed E-state index contributed by atoms with van der Waals surface area (Å²) in [7, 11) is 0. The average Bonchev–Trinajstić information content (AvgIpc) is 3.00. The quantitative estimate of drug-likeness (QED) is 0.101. The van der Waals surface area contributed by atoms with Crippen LogP contribution in [-0.4, -0.2) is 68.5 Å². The summed E-state index contributed by atoms with van der Waals surface area (Å²) in [5, 5.41) is 15.8. The van der Waals surface area contributed by atoms with Crippen molar-refractivity contribution in [2.24, 2.45) is 22.6 Å². The van der Waals surface area contributed by atoms with Crippen molar-refractivity contribution in [1.82, 2.24) is 15.3 Å². The Morgan fingerprint density at radius 1 is 1.02 bits per heavy atom. The lowest BCUT2D eigenvalue weighted by Gasteiger charge is -2.38. The molecule has 0 saturated heterocycles. The van der Waals surface area contributed by atoms with Crippen LogP contribution in [0.4, 0.5) is 0 Å². The standard InChI is InChI=1S/C35H57N5O3S/c1-5-15-31(39(34(44)38-35(2,3)4)32(41)30(36)23-27-18-11-7-12-19-27)33(42)40(43)29(22-26-16-9-6-10-17-26)25-37-24-28-20-13-8-14-21-28/h7,11-12,18-19,25-26,28-31,43H,5-6,8-10,13-17,20-24,36H2,1-4H3,(H,38,44)/t29-,30-,31-/m0/s1. The van der Waals surface area contributed by atoms with Gasteiger partial charge in [-0.05, 0) is 82.5 Å². The maximum absolute atomic E-state index is 14.3. The van der Waals surface area contributed by atoms with E-state index in [1.54, 1.807) is 6.21 Å². The summed E-state index contributed by atoms with van der Waals surface area (Å²) in [5.41, 5.74) is 6.97. The number of hydrogen-bond acceptors (Lipinski definition) is 6. The van der Waals surface area contributed by atoms with Gasteiger partial charge in [0.15, 0.2) is 5.11 Å². The maximum atomic E-state index is 14.3. The number of rotatable bonds is 13. The number of amides is 2. The number of nitrogens with one attached hydrogen (secondary N) is 1. The average molecular weight is 628 g/mol. The van der Waals surface area contributed by atoms with Crippen molar-refractivity contribution in [3.05, 3.63) is 35.9 Å². The van der Waals surface area contributed by atoms with Crippen molar-refractivity contribution in [2.75, 3.05) is 6.54 Å². The number of thiocarbonyl (C=S) groups is 1. The molecular formula is C35H57N5O3S. The van der Waals surface area contributed by atoms with Crippen LogP contribution in [0.2, 0.25) is 0 Å². The number of benzene rings is 1. The molecule has 0 unspecified atom stereocenters. The summed E-state index contributed by atoms with van der Waals surface area (Å²) < 4.78 is 0. The Morgan fingerprint density at radius 3 is 2.18 bits per heavy atom. The molecule has 2 aliphatic rings. The Labute approximate surface area is 271 Å². The molecule has 1 aromatic carbocycles. The van der Waals surface area contributed by atoms with Gasteiger partial charge in [0.05, 0.1) is 12.1 Å². The van der Waals surface area contributed by atoms with E-state index < -0.39 is 35.5 Å². The minimum atomic E-state index is -0.998. The first kappa shape index (κ1) is 36.1. The minimum Gasteiger partial charge on any atom is -0.358 e. The number of hydroxylamine groups is 2. The molecule has 3 rings (SSSR count). The summed E-state index contributed by atoms with van der Waals surface area (Å²) in [6.45, 7) is 8.53. The minimum absolute atomic E-state index is 0.140. The van der Waals surface area contributed by atoms with E-state index in [9.17, 15) is 14.8 Å².